The van der Waals surface area contributed by atoms with E-state index in [2.05, 4.69) is 15.3 Å². The van der Waals surface area contributed by atoms with Gasteiger partial charge in [-0.05, 0) is 37.1 Å². The van der Waals surface area contributed by atoms with Gasteiger partial charge >= 0.3 is 0 Å². The lowest BCUT2D eigenvalue weighted by atomic mass is 9.95. The molecule has 3 rings (SSSR count). The number of hydrogen-bond donors (Lipinski definition) is 0. The smallest absolute Gasteiger partial charge is 0.123 e. The van der Waals surface area contributed by atoms with E-state index in [1.807, 2.05) is 17.6 Å². The highest BCUT2D eigenvalue weighted by molar-refractivity contribution is 7.07. The van der Waals surface area contributed by atoms with Crippen LogP contribution in [0.3, 0.4) is 0 Å². The second kappa shape index (κ2) is 5.80. The van der Waals surface area contributed by atoms with E-state index < -0.39 is 0 Å². The summed E-state index contributed by atoms with van der Waals surface area (Å²) in [6.45, 7) is 1.99. The number of nitrogens with zero attached hydrogens (tertiary/aromatic N) is 2. The van der Waals surface area contributed by atoms with Crippen LogP contribution in [0.2, 0.25) is 0 Å². The van der Waals surface area contributed by atoms with Gasteiger partial charge in [-0.2, -0.15) is 0 Å². The Labute approximate surface area is 116 Å². The molecule has 0 unspecified atom stereocenters. The highest BCUT2D eigenvalue weighted by atomic mass is 32.1. The number of hydrogen-bond acceptors (Lipinski definition) is 3. The molecule has 1 aromatic heterocycles. The molecule has 1 atom stereocenters. The first-order valence-electron chi connectivity index (χ1n) is 6.69. The van der Waals surface area contributed by atoms with Gasteiger partial charge in [0.15, 0.2) is 0 Å². The monoisotopic (exact) mass is 276 g/mol. The maximum Gasteiger partial charge on any atom is 0.123 e. The summed E-state index contributed by atoms with van der Waals surface area (Å²) in [6.07, 6.45) is 3.63. The maximum absolute atomic E-state index is 13.0. The highest BCUT2D eigenvalue weighted by Crippen LogP contribution is 2.32. The third-order valence-corrected chi connectivity index (χ3v) is 4.35. The van der Waals surface area contributed by atoms with E-state index in [0.29, 0.717) is 6.04 Å². The van der Waals surface area contributed by atoms with Crippen molar-refractivity contribution in [3.8, 4) is 0 Å². The molecule has 0 spiro atoms. The van der Waals surface area contributed by atoms with Crippen LogP contribution in [0.15, 0.2) is 35.2 Å². The fraction of sp³-hybridized carbons (Fsp3) is 0.400. The molecule has 4 heteroatoms. The Kier molecular flexibility index (Phi) is 3.89. The van der Waals surface area contributed by atoms with E-state index in [4.69, 9.17) is 0 Å². The Morgan fingerprint density at radius 1 is 1.26 bits per heavy atom. The average Bonchev–Trinajstić information content (AvgIpc) is 2.93. The molecule has 2 heterocycles. The van der Waals surface area contributed by atoms with Gasteiger partial charge in [0.05, 0.1) is 11.2 Å². The summed E-state index contributed by atoms with van der Waals surface area (Å²) in [5, 5.41) is 2.11. The third-order valence-electron chi connectivity index (χ3n) is 3.72. The van der Waals surface area contributed by atoms with Crippen molar-refractivity contribution in [2.24, 2.45) is 0 Å². The van der Waals surface area contributed by atoms with Gasteiger partial charge in [0.2, 0.25) is 0 Å². The summed E-state index contributed by atoms with van der Waals surface area (Å²) in [6, 6.07) is 7.35. The normalized spacial score (nSPS) is 20.6. The second-order valence-electron chi connectivity index (χ2n) is 5.01. The van der Waals surface area contributed by atoms with Crippen LogP contribution in [0.5, 0.6) is 0 Å². The Bertz CT molecular complexity index is 509. The summed E-state index contributed by atoms with van der Waals surface area (Å²) >= 11 is 1.64. The zero-order valence-electron chi connectivity index (χ0n) is 10.8. The molecule has 2 nitrogen and oxygen atoms in total. The number of aromatic nitrogens is 1. The predicted octanol–water partition coefficient (Wildman–Crippen LogP) is 4.01. The van der Waals surface area contributed by atoms with Gasteiger partial charge in [-0.3, -0.25) is 4.90 Å². The molecule has 100 valence electrons. The Morgan fingerprint density at radius 2 is 2.11 bits per heavy atom. The molecular formula is C15H17FN2S. The quantitative estimate of drug-likeness (QED) is 0.842. The highest BCUT2D eigenvalue weighted by Gasteiger charge is 2.24. The van der Waals surface area contributed by atoms with Gasteiger partial charge in [0.1, 0.15) is 5.82 Å². The van der Waals surface area contributed by atoms with Crippen molar-refractivity contribution in [1.82, 2.24) is 9.88 Å². The number of rotatable bonds is 3. The van der Waals surface area contributed by atoms with Crippen molar-refractivity contribution < 1.29 is 4.39 Å². The standard InChI is InChI=1S/C15H17FN2S/c16-13-6-4-12(5-7-13)15-3-1-2-8-18(15)9-14-10-19-11-17-14/h4-7,10-11,15H,1-3,8-9H2/t15-/m1/s1. The molecule has 0 N–H and O–H groups in total. The summed E-state index contributed by atoms with van der Waals surface area (Å²) in [5.74, 6) is -0.161. The second-order valence-corrected chi connectivity index (χ2v) is 5.73. The molecule has 0 bridgehead atoms. The van der Waals surface area contributed by atoms with Crippen molar-refractivity contribution in [3.05, 3.63) is 52.2 Å². The number of halogens is 1. The fourth-order valence-corrected chi connectivity index (χ4v) is 3.32. The summed E-state index contributed by atoms with van der Waals surface area (Å²) in [7, 11) is 0. The molecule has 1 fully saturated rings. The van der Waals surface area contributed by atoms with E-state index in [1.54, 1.807) is 23.5 Å². The van der Waals surface area contributed by atoms with Crippen molar-refractivity contribution in [1.29, 1.82) is 0 Å². The zero-order chi connectivity index (χ0) is 13.1. The maximum atomic E-state index is 13.0. The van der Waals surface area contributed by atoms with Crippen LogP contribution in [0.1, 0.15) is 36.6 Å². The van der Waals surface area contributed by atoms with Gasteiger partial charge in [-0.15, -0.1) is 11.3 Å². The first kappa shape index (κ1) is 12.8. The third kappa shape index (κ3) is 3.01. The molecule has 2 aromatic rings. The summed E-state index contributed by atoms with van der Waals surface area (Å²) in [5.41, 5.74) is 4.24. The van der Waals surface area contributed by atoms with Crippen LogP contribution in [0, 0.1) is 5.82 Å². The molecule has 0 amide bonds. The van der Waals surface area contributed by atoms with Crippen LogP contribution in [-0.2, 0) is 6.54 Å². The molecule has 0 aliphatic carbocycles. The Hall–Kier alpha value is -1.26. The molecule has 1 aliphatic rings. The largest absolute Gasteiger partial charge is 0.290 e. The minimum atomic E-state index is -0.161. The number of piperidine rings is 1. The van der Waals surface area contributed by atoms with Gasteiger partial charge in [0, 0.05) is 18.0 Å². The molecule has 0 radical (unpaired) electrons. The molecule has 19 heavy (non-hydrogen) atoms. The first-order valence-corrected chi connectivity index (χ1v) is 7.64. The Morgan fingerprint density at radius 3 is 2.84 bits per heavy atom. The lowest BCUT2D eigenvalue weighted by Gasteiger charge is -2.35. The van der Waals surface area contributed by atoms with Crippen LogP contribution >= 0.6 is 11.3 Å². The van der Waals surface area contributed by atoms with Crippen molar-refractivity contribution in [2.75, 3.05) is 6.54 Å². The van der Waals surface area contributed by atoms with E-state index in [9.17, 15) is 4.39 Å². The van der Waals surface area contributed by atoms with Gasteiger partial charge in [-0.25, -0.2) is 9.37 Å². The molecule has 1 aliphatic heterocycles. The lowest BCUT2D eigenvalue weighted by Crippen LogP contribution is -2.33. The fourth-order valence-electron chi connectivity index (χ4n) is 2.77. The van der Waals surface area contributed by atoms with E-state index in [1.165, 1.54) is 18.4 Å². The zero-order valence-corrected chi connectivity index (χ0v) is 11.6. The van der Waals surface area contributed by atoms with E-state index in [-0.39, 0.29) is 5.82 Å². The van der Waals surface area contributed by atoms with Crippen LogP contribution in [0.4, 0.5) is 4.39 Å². The number of benzene rings is 1. The predicted molar refractivity (Wildman–Crippen MR) is 75.5 cm³/mol. The lowest BCUT2D eigenvalue weighted by molar-refractivity contribution is 0.139. The average molecular weight is 276 g/mol. The summed E-state index contributed by atoms with van der Waals surface area (Å²) in [4.78, 5) is 6.83. The van der Waals surface area contributed by atoms with E-state index >= 15 is 0 Å². The number of likely N-dealkylation sites (tertiary alicyclic amines) is 1. The van der Waals surface area contributed by atoms with Crippen LogP contribution in [-0.4, -0.2) is 16.4 Å². The summed E-state index contributed by atoms with van der Waals surface area (Å²) < 4.78 is 13.0. The molecule has 1 aromatic carbocycles. The van der Waals surface area contributed by atoms with Gasteiger partial charge in [-0.1, -0.05) is 18.6 Å². The van der Waals surface area contributed by atoms with Crippen LogP contribution < -0.4 is 0 Å². The van der Waals surface area contributed by atoms with Crippen molar-refractivity contribution in [2.45, 2.75) is 31.8 Å². The van der Waals surface area contributed by atoms with Gasteiger partial charge < -0.3 is 0 Å². The Balaban J connectivity index is 1.78. The molecule has 1 saturated heterocycles. The van der Waals surface area contributed by atoms with Crippen molar-refractivity contribution >= 4 is 11.3 Å². The van der Waals surface area contributed by atoms with Crippen molar-refractivity contribution in [3.63, 3.8) is 0 Å². The van der Waals surface area contributed by atoms with Crippen LogP contribution in [0.25, 0.3) is 0 Å². The molecular weight excluding hydrogens is 259 g/mol. The molecule has 0 saturated carbocycles. The SMILES string of the molecule is Fc1ccc([C@H]2CCCCN2Cc2cscn2)cc1. The van der Waals surface area contributed by atoms with E-state index in [0.717, 1.165) is 25.2 Å². The minimum absolute atomic E-state index is 0.161. The number of thiazole rings is 1. The topological polar surface area (TPSA) is 16.1 Å². The minimum Gasteiger partial charge on any atom is -0.290 e. The first-order chi connectivity index (χ1) is 9.33. The van der Waals surface area contributed by atoms with Gasteiger partial charge in [0.25, 0.3) is 0 Å².